The molecule has 176 valence electrons. The maximum Gasteiger partial charge on any atom is 0.271 e. The Labute approximate surface area is 198 Å². The van der Waals surface area contributed by atoms with Gasteiger partial charge < -0.3 is 19.5 Å². The smallest absolute Gasteiger partial charge is 0.271 e. The highest BCUT2D eigenvalue weighted by Crippen LogP contribution is 2.28. The second-order valence-corrected chi connectivity index (χ2v) is 7.24. The van der Waals surface area contributed by atoms with Crippen molar-refractivity contribution in [3.63, 3.8) is 0 Å². The first-order valence-electron chi connectivity index (χ1n) is 10.7. The van der Waals surface area contributed by atoms with Crippen molar-refractivity contribution in [1.82, 2.24) is 5.43 Å². The number of amides is 2. The number of aryl methyl sites for hydroxylation is 1. The molecule has 0 aromatic heterocycles. The van der Waals surface area contributed by atoms with E-state index in [1.807, 2.05) is 38.1 Å². The summed E-state index contributed by atoms with van der Waals surface area (Å²) in [6, 6.07) is 19.5. The van der Waals surface area contributed by atoms with Gasteiger partial charge in [-0.05, 0) is 56.3 Å². The summed E-state index contributed by atoms with van der Waals surface area (Å²) in [6.45, 7) is 4.16. The third-order valence-electron chi connectivity index (χ3n) is 4.71. The van der Waals surface area contributed by atoms with Crippen LogP contribution in [0.15, 0.2) is 71.8 Å². The molecule has 0 saturated carbocycles. The molecule has 2 amide bonds. The van der Waals surface area contributed by atoms with Crippen LogP contribution in [0.4, 0.5) is 5.69 Å². The summed E-state index contributed by atoms with van der Waals surface area (Å²) in [7, 11) is 1.51. The Kier molecular flexibility index (Phi) is 8.62. The largest absolute Gasteiger partial charge is 0.493 e. The van der Waals surface area contributed by atoms with Gasteiger partial charge in [-0.1, -0.05) is 29.8 Å². The van der Waals surface area contributed by atoms with E-state index in [4.69, 9.17) is 14.2 Å². The summed E-state index contributed by atoms with van der Waals surface area (Å²) in [6.07, 6.45) is 1.46. The van der Waals surface area contributed by atoms with Crippen LogP contribution in [0.3, 0.4) is 0 Å². The van der Waals surface area contributed by atoms with Crippen LogP contribution in [-0.2, 0) is 4.79 Å². The molecule has 8 heteroatoms. The zero-order chi connectivity index (χ0) is 24.3. The van der Waals surface area contributed by atoms with Gasteiger partial charge >= 0.3 is 0 Å². The van der Waals surface area contributed by atoms with Gasteiger partial charge in [-0.2, -0.15) is 5.10 Å². The van der Waals surface area contributed by atoms with E-state index in [-0.39, 0.29) is 12.5 Å². The first kappa shape index (κ1) is 24.3. The second-order valence-electron chi connectivity index (χ2n) is 7.24. The first-order valence-corrected chi connectivity index (χ1v) is 10.7. The molecule has 0 atom stereocenters. The van der Waals surface area contributed by atoms with Crippen LogP contribution < -0.4 is 25.0 Å². The number of hydrogen-bond donors (Lipinski definition) is 2. The Morgan fingerprint density at radius 3 is 2.44 bits per heavy atom. The SMILES string of the molecule is CCOc1ccc(C(=O)N/N=C/c2ccccc2OCC(=O)Nc2ccc(C)cc2)cc1OC. The van der Waals surface area contributed by atoms with Gasteiger partial charge in [-0.3, -0.25) is 9.59 Å². The average Bonchev–Trinajstić information content (AvgIpc) is 2.85. The van der Waals surface area contributed by atoms with E-state index in [9.17, 15) is 9.59 Å². The van der Waals surface area contributed by atoms with Gasteiger partial charge in [-0.15, -0.1) is 0 Å². The van der Waals surface area contributed by atoms with Crippen molar-refractivity contribution in [2.75, 3.05) is 25.6 Å². The van der Waals surface area contributed by atoms with Crippen LogP contribution in [0, 0.1) is 6.92 Å². The molecule has 0 bridgehead atoms. The Morgan fingerprint density at radius 2 is 1.71 bits per heavy atom. The molecule has 0 radical (unpaired) electrons. The van der Waals surface area contributed by atoms with E-state index in [0.29, 0.717) is 40.7 Å². The number of rotatable bonds is 10. The molecular weight excluding hydrogens is 434 g/mol. The highest BCUT2D eigenvalue weighted by molar-refractivity contribution is 5.96. The van der Waals surface area contributed by atoms with Crippen LogP contribution >= 0.6 is 0 Å². The molecule has 3 aromatic carbocycles. The third kappa shape index (κ3) is 6.83. The lowest BCUT2D eigenvalue weighted by Crippen LogP contribution is -2.20. The molecular formula is C26H27N3O5. The lowest BCUT2D eigenvalue weighted by molar-refractivity contribution is -0.118. The number of anilines is 1. The van der Waals surface area contributed by atoms with E-state index in [0.717, 1.165) is 5.56 Å². The topological polar surface area (TPSA) is 98.3 Å². The summed E-state index contributed by atoms with van der Waals surface area (Å²) in [5, 5.41) is 6.80. The number of methoxy groups -OCH3 is 1. The van der Waals surface area contributed by atoms with Crippen LogP contribution in [-0.4, -0.2) is 38.4 Å². The van der Waals surface area contributed by atoms with E-state index in [1.54, 1.807) is 42.5 Å². The molecule has 34 heavy (non-hydrogen) atoms. The van der Waals surface area contributed by atoms with Crippen molar-refractivity contribution >= 4 is 23.7 Å². The van der Waals surface area contributed by atoms with Crippen LogP contribution in [0.5, 0.6) is 17.2 Å². The van der Waals surface area contributed by atoms with Gasteiger partial charge in [-0.25, -0.2) is 5.43 Å². The number of para-hydroxylation sites is 1. The number of carbonyl (C=O) groups excluding carboxylic acids is 2. The van der Waals surface area contributed by atoms with Crippen molar-refractivity contribution in [1.29, 1.82) is 0 Å². The molecule has 0 fully saturated rings. The van der Waals surface area contributed by atoms with E-state index in [1.165, 1.54) is 13.3 Å². The number of nitrogens with one attached hydrogen (secondary N) is 2. The number of hydrazone groups is 1. The predicted octanol–water partition coefficient (Wildman–Crippen LogP) is 4.18. The molecule has 0 saturated heterocycles. The summed E-state index contributed by atoms with van der Waals surface area (Å²) in [5.74, 6) is 0.785. The van der Waals surface area contributed by atoms with Gasteiger partial charge in [0.1, 0.15) is 5.75 Å². The van der Waals surface area contributed by atoms with Gasteiger partial charge in [0.2, 0.25) is 0 Å². The second kappa shape index (κ2) is 12.1. The Bertz CT molecular complexity index is 1160. The summed E-state index contributed by atoms with van der Waals surface area (Å²) in [4.78, 5) is 24.7. The minimum absolute atomic E-state index is 0.170. The van der Waals surface area contributed by atoms with E-state index >= 15 is 0 Å². The minimum Gasteiger partial charge on any atom is -0.493 e. The molecule has 3 rings (SSSR count). The van der Waals surface area contributed by atoms with Gasteiger partial charge in [0.25, 0.3) is 11.8 Å². The number of hydrogen-bond acceptors (Lipinski definition) is 6. The fourth-order valence-corrected chi connectivity index (χ4v) is 3.00. The molecule has 0 spiro atoms. The molecule has 0 unspecified atom stereocenters. The summed E-state index contributed by atoms with van der Waals surface area (Å²) >= 11 is 0. The molecule has 8 nitrogen and oxygen atoms in total. The third-order valence-corrected chi connectivity index (χ3v) is 4.71. The van der Waals surface area contributed by atoms with Crippen molar-refractivity contribution in [3.05, 3.63) is 83.4 Å². The normalized spacial score (nSPS) is 10.6. The van der Waals surface area contributed by atoms with Crippen molar-refractivity contribution in [2.45, 2.75) is 13.8 Å². The number of nitrogens with zero attached hydrogens (tertiary/aromatic N) is 1. The quantitative estimate of drug-likeness (QED) is 0.349. The molecule has 0 heterocycles. The maximum absolute atomic E-state index is 12.5. The molecule has 0 aliphatic heterocycles. The Hall–Kier alpha value is -4.33. The van der Waals surface area contributed by atoms with Crippen molar-refractivity contribution in [3.8, 4) is 17.2 Å². The maximum atomic E-state index is 12.5. The lowest BCUT2D eigenvalue weighted by atomic mass is 10.2. The summed E-state index contributed by atoms with van der Waals surface area (Å²) in [5.41, 5.74) is 5.26. The monoisotopic (exact) mass is 461 g/mol. The first-order chi connectivity index (χ1) is 16.5. The number of ether oxygens (including phenoxy) is 3. The lowest BCUT2D eigenvalue weighted by Gasteiger charge is -2.10. The standard InChI is InChI=1S/C26H27N3O5/c1-4-33-23-14-11-19(15-24(23)32-3)26(31)29-27-16-20-7-5-6-8-22(20)34-17-25(30)28-21-12-9-18(2)10-13-21/h5-16H,4,17H2,1-3H3,(H,28,30)(H,29,31)/b27-16+. The van der Waals surface area contributed by atoms with E-state index < -0.39 is 5.91 Å². The van der Waals surface area contributed by atoms with Gasteiger partial charge in [0, 0.05) is 16.8 Å². The van der Waals surface area contributed by atoms with E-state index in [2.05, 4.69) is 15.8 Å². The molecule has 0 aliphatic rings. The minimum atomic E-state index is -0.409. The molecule has 0 aliphatic carbocycles. The van der Waals surface area contributed by atoms with Gasteiger partial charge in [0.15, 0.2) is 18.1 Å². The highest BCUT2D eigenvalue weighted by atomic mass is 16.5. The zero-order valence-electron chi connectivity index (χ0n) is 19.3. The highest BCUT2D eigenvalue weighted by Gasteiger charge is 2.11. The molecule has 2 N–H and O–H groups in total. The average molecular weight is 462 g/mol. The summed E-state index contributed by atoms with van der Waals surface area (Å²) < 4.78 is 16.4. The van der Waals surface area contributed by atoms with Crippen LogP contribution in [0.25, 0.3) is 0 Å². The number of carbonyl (C=O) groups is 2. The fourth-order valence-electron chi connectivity index (χ4n) is 3.00. The van der Waals surface area contributed by atoms with Gasteiger partial charge in [0.05, 0.1) is 19.9 Å². The van der Waals surface area contributed by atoms with Crippen molar-refractivity contribution < 1.29 is 23.8 Å². The Balaban J connectivity index is 1.59. The van der Waals surface area contributed by atoms with Crippen LogP contribution in [0.1, 0.15) is 28.4 Å². The fraction of sp³-hybridized carbons (Fsp3) is 0.192. The van der Waals surface area contributed by atoms with Crippen LogP contribution in [0.2, 0.25) is 0 Å². The molecule has 3 aromatic rings. The van der Waals surface area contributed by atoms with Crippen molar-refractivity contribution in [2.24, 2.45) is 5.10 Å². The number of benzene rings is 3. The Morgan fingerprint density at radius 1 is 0.941 bits per heavy atom. The zero-order valence-corrected chi connectivity index (χ0v) is 19.3. The predicted molar refractivity (Wildman–Crippen MR) is 131 cm³/mol.